The van der Waals surface area contributed by atoms with Gasteiger partial charge in [0.25, 0.3) is 0 Å². The van der Waals surface area contributed by atoms with Crippen LogP contribution in [0.2, 0.25) is 0 Å². The number of hydrogen-bond acceptors (Lipinski definition) is 4. The fourth-order valence-corrected chi connectivity index (χ4v) is 1.60. The van der Waals surface area contributed by atoms with Gasteiger partial charge >= 0.3 is 5.97 Å². The number of carboxylic acids is 1. The molecule has 0 fully saturated rings. The number of ketones is 1. The van der Waals surface area contributed by atoms with Crippen molar-refractivity contribution in [1.82, 2.24) is 0 Å². The van der Waals surface area contributed by atoms with Crippen LogP contribution in [0.15, 0.2) is 36.4 Å². The van der Waals surface area contributed by atoms with Crippen LogP contribution >= 0.6 is 0 Å². The van der Waals surface area contributed by atoms with Crippen molar-refractivity contribution in [3.8, 4) is 0 Å². The Morgan fingerprint density at radius 2 is 1.68 bits per heavy atom. The van der Waals surface area contributed by atoms with Crippen molar-refractivity contribution >= 4 is 23.1 Å². The van der Waals surface area contributed by atoms with E-state index in [-0.39, 0.29) is 17.0 Å². The lowest BCUT2D eigenvalue weighted by molar-refractivity contribution is 0.0693. The Balaban J connectivity index is 0.000000220. The number of benzene rings is 2. The Kier molecular flexibility index (Phi) is 5.57. The van der Waals surface area contributed by atoms with Crippen LogP contribution in [0.4, 0.5) is 20.2 Å². The van der Waals surface area contributed by atoms with Gasteiger partial charge in [-0.25, -0.2) is 13.6 Å². The maximum atomic E-state index is 12.6. The standard InChI is InChI=1S/C8H8FNO.C7H6FNO2/c1-5(11)7-4-6(9)2-3-8(7)10;8-4-2-1-3-5(9)6(4)7(10)11/h2-4H,10H2,1H3;1-3H,9H2,(H,10,11). The van der Waals surface area contributed by atoms with Gasteiger partial charge in [0.1, 0.15) is 17.2 Å². The third-order valence-electron chi connectivity index (χ3n) is 2.65. The SMILES string of the molecule is CC(=O)c1cc(F)ccc1N.Nc1cccc(F)c1C(=O)O. The minimum absolute atomic E-state index is 0.0579. The van der Waals surface area contributed by atoms with Crippen LogP contribution in [-0.2, 0) is 0 Å². The Bertz CT molecular complexity index is 698. The maximum Gasteiger partial charge on any atom is 0.340 e. The highest BCUT2D eigenvalue weighted by Crippen LogP contribution is 2.15. The number of carbonyl (C=O) groups is 2. The molecular formula is C15H14F2N2O3. The molecule has 5 nitrogen and oxygen atoms in total. The Labute approximate surface area is 125 Å². The van der Waals surface area contributed by atoms with E-state index in [0.717, 1.165) is 12.1 Å². The van der Waals surface area contributed by atoms with Gasteiger partial charge in [-0.05, 0) is 37.3 Å². The van der Waals surface area contributed by atoms with Crippen LogP contribution in [0.3, 0.4) is 0 Å². The second kappa shape index (κ2) is 7.16. The van der Waals surface area contributed by atoms with Crippen LogP contribution < -0.4 is 11.5 Å². The minimum Gasteiger partial charge on any atom is -0.478 e. The Hall–Kier alpha value is -2.96. The van der Waals surface area contributed by atoms with Crippen LogP contribution in [0.1, 0.15) is 27.6 Å². The minimum atomic E-state index is -1.35. The van der Waals surface area contributed by atoms with Crippen molar-refractivity contribution in [1.29, 1.82) is 0 Å². The van der Waals surface area contributed by atoms with E-state index in [1.54, 1.807) is 0 Å². The lowest BCUT2D eigenvalue weighted by atomic mass is 10.1. The number of Topliss-reactive ketones (excluding diaryl/α,β-unsaturated/α-hetero) is 1. The van der Waals surface area contributed by atoms with Crippen molar-refractivity contribution in [2.24, 2.45) is 0 Å². The molecule has 0 atom stereocenters. The van der Waals surface area contributed by atoms with E-state index >= 15 is 0 Å². The lowest BCUT2D eigenvalue weighted by Gasteiger charge is -1.99. The molecule has 116 valence electrons. The number of nitrogens with two attached hydrogens (primary N) is 2. The lowest BCUT2D eigenvalue weighted by Crippen LogP contribution is -2.04. The van der Waals surface area contributed by atoms with E-state index in [4.69, 9.17) is 16.6 Å². The van der Waals surface area contributed by atoms with Crippen molar-refractivity contribution in [2.45, 2.75) is 6.92 Å². The average molecular weight is 308 g/mol. The van der Waals surface area contributed by atoms with Crippen LogP contribution in [0.5, 0.6) is 0 Å². The fraction of sp³-hybridized carbons (Fsp3) is 0.0667. The summed E-state index contributed by atoms with van der Waals surface area (Å²) < 4.78 is 25.1. The van der Waals surface area contributed by atoms with Gasteiger partial charge in [-0.3, -0.25) is 4.79 Å². The summed E-state index contributed by atoms with van der Waals surface area (Å²) in [5, 5.41) is 8.43. The van der Waals surface area contributed by atoms with Crippen LogP contribution in [0.25, 0.3) is 0 Å². The summed E-state index contributed by atoms with van der Waals surface area (Å²) in [6.07, 6.45) is 0. The second-order valence-corrected chi connectivity index (χ2v) is 4.30. The van der Waals surface area contributed by atoms with Gasteiger partial charge < -0.3 is 16.6 Å². The first-order valence-corrected chi connectivity index (χ1v) is 6.07. The third-order valence-corrected chi connectivity index (χ3v) is 2.65. The van der Waals surface area contributed by atoms with Gasteiger partial charge in [0.15, 0.2) is 5.78 Å². The first-order chi connectivity index (χ1) is 10.2. The summed E-state index contributed by atoms with van der Waals surface area (Å²) >= 11 is 0. The zero-order valence-corrected chi connectivity index (χ0v) is 11.6. The van der Waals surface area contributed by atoms with Crippen molar-refractivity contribution in [2.75, 3.05) is 11.5 Å². The quantitative estimate of drug-likeness (QED) is 0.584. The molecule has 0 unspecified atom stereocenters. The largest absolute Gasteiger partial charge is 0.478 e. The summed E-state index contributed by atoms with van der Waals surface area (Å²) in [5.74, 6) is -2.82. The summed E-state index contributed by atoms with van der Waals surface area (Å²) in [4.78, 5) is 21.1. The topological polar surface area (TPSA) is 106 Å². The second-order valence-electron chi connectivity index (χ2n) is 4.30. The highest BCUT2D eigenvalue weighted by Gasteiger charge is 2.12. The van der Waals surface area contributed by atoms with Crippen LogP contribution in [-0.4, -0.2) is 16.9 Å². The normalized spacial score (nSPS) is 9.59. The van der Waals surface area contributed by atoms with E-state index in [2.05, 4.69) is 0 Å². The smallest absolute Gasteiger partial charge is 0.340 e. The van der Waals surface area contributed by atoms with Crippen molar-refractivity contribution < 1.29 is 23.5 Å². The van der Waals surface area contributed by atoms with E-state index in [9.17, 15) is 18.4 Å². The molecular weight excluding hydrogens is 294 g/mol. The van der Waals surface area contributed by atoms with Gasteiger partial charge in [0.2, 0.25) is 0 Å². The van der Waals surface area contributed by atoms with Crippen molar-refractivity contribution in [3.05, 3.63) is 59.2 Å². The molecule has 2 aromatic carbocycles. The molecule has 0 heterocycles. The number of halogens is 2. The fourth-order valence-electron chi connectivity index (χ4n) is 1.60. The number of carboxylic acid groups (broad SMARTS) is 1. The molecule has 2 aromatic rings. The molecule has 0 aliphatic rings. The van der Waals surface area contributed by atoms with Gasteiger partial charge in [0.05, 0.1) is 0 Å². The zero-order chi connectivity index (χ0) is 16.9. The molecule has 0 spiro atoms. The molecule has 2 rings (SSSR count). The highest BCUT2D eigenvalue weighted by atomic mass is 19.1. The zero-order valence-electron chi connectivity index (χ0n) is 11.6. The number of aromatic carboxylic acids is 1. The summed E-state index contributed by atoms with van der Waals surface area (Å²) in [6.45, 7) is 1.35. The molecule has 0 amide bonds. The number of rotatable bonds is 2. The summed E-state index contributed by atoms with van der Waals surface area (Å²) in [5.41, 5.74) is 10.6. The van der Waals surface area contributed by atoms with E-state index < -0.39 is 23.2 Å². The molecule has 5 N–H and O–H groups in total. The Morgan fingerprint density at radius 1 is 1.05 bits per heavy atom. The monoisotopic (exact) mass is 308 g/mol. The number of anilines is 2. The van der Waals surface area contributed by atoms with Gasteiger partial charge in [-0.2, -0.15) is 0 Å². The molecule has 0 saturated carbocycles. The number of carbonyl (C=O) groups excluding carboxylic acids is 1. The van der Waals surface area contributed by atoms with E-state index in [1.165, 1.54) is 31.2 Å². The van der Waals surface area contributed by atoms with E-state index in [1.807, 2.05) is 0 Å². The molecule has 0 bridgehead atoms. The molecule has 0 saturated heterocycles. The highest BCUT2D eigenvalue weighted by molar-refractivity contribution is 5.98. The van der Waals surface area contributed by atoms with Gasteiger partial charge in [-0.15, -0.1) is 0 Å². The third kappa shape index (κ3) is 4.27. The predicted octanol–water partition coefficient (Wildman–Crippen LogP) is 2.72. The van der Waals surface area contributed by atoms with Crippen molar-refractivity contribution in [3.63, 3.8) is 0 Å². The first kappa shape index (κ1) is 17.1. The predicted molar refractivity (Wildman–Crippen MR) is 78.6 cm³/mol. The van der Waals surface area contributed by atoms with Gasteiger partial charge in [-0.1, -0.05) is 6.07 Å². The number of nitrogen functional groups attached to an aromatic ring is 2. The first-order valence-electron chi connectivity index (χ1n) is 6.07. The van der Waals surface area contributed by atoms with Crippen LogP contribution in [0, 0.1) is 11.6 Å². The summed E-state index contributed by atoms with van der Waals surface area (Å²) in [7, 11) is 0. The molecule has 7 heteroatoms. The summed E-state index contributed by atoms with van der Waals surface area (Å²) in [6, 6.07) is 7.49. The molecule has 22 heavy (non-hydrogen) atoms. The number of hydrogen-bond donors (Lipinski definition) is 3. The molecule has 0 aromatic heterocycles. The Morgan fingerprint density at radius 3 is 2.09 bits per heavy atom. The molecule has 0 aliphatic carbocycles. The average Bonchev–Trinajstić information content (AvgIpc) is 2.41. The van der Waals surface area contributed by atoms with Gasteiger partial charge in [0, 0.05) is 16.9 Å². The maximum absolute atomic E-state index is 12.6. The molecule has 0 radical (unpaired) electrons. The van der Waals surface area contributed by atoms with E-state index in [0.29, 0.717) is 5.69 Å². The molecule has 0 aliphatic heterocycles.